The first-order valence-electron chi connectivity index (χ1n) is 30.8. The highest BCUT2D eigenvalue weighted by molar-refractivity contribution is 8.00. The van der Waals surface area contributed by atoms with Gasteiger partial charge in [0.2, 0.25) is 29.5 Å². The van der Waals surface area contributed by atoms with Crippen LogP contribution in [0.3, 0.4) is 0 Å². The fourth-order valence-corrected chi connectivity index (χ4v) is 11.1. The number of aliphatic hydroxyl groups is 4. The van der Waals surface area contributed by atoms with Gasteiger partial charge in [-0.15, -0.1) is 0 Å². The molecule has 9 atom stereocenters. The highest BCUT2D eigenvalue weighted by atomic mass is 32.2. The molecule has 0 spiro atoms. The van der Waals surface area contributed by atoms with Gasteiger partial charge in [0.05, 0.1) is 149 Å². The van der Waals surface area contributed by atoms with Gasteiger partial charge in [0.1, 0.15) is 18.8 Å². The van der Waals surface area contributed by atoms with Crippen molar-refractivity contribution >= 4 is 53.3 Å². The predicted molar refractivity (Wildman–Crippen MR) is 318 cm³/mol. The summed E-state index contributed by atoms with van der Waals surface area (Å²) in [7, 11) is 0. The third kappa shape index (κ3) is 32.0. The lowest BCUT2D eigenvalue weighted by atomic mass is 9.88. The zero-order valence-corrected chi connectivity index (χ0v) is 51.9. The van der Waals surface area contributed by atoms with Crippen LogP contribution in [0.25, 0.3) is 0 Å². The fourth-order valence-electron chi connectivity index (χ4n) is 9.53. The lowest BCUT2D eigenvalue weighted by molar-refractivity contribution is -0.310. The standard InChI is InChI=1S/C58H95F2N7O22S/c59-55(60)41-12-10-40(11-13-41)35-49(74)64-37-44(70)53(76)54-52(66-50(75)38-68)43(69)36-58(89-54,56(77)78)88-18-6-2-1-3-8-46(71)61-15-20-81-24-29-86-33-34-87-30-26-83-22-17-63-48(73)14-19-80-23-27-84-31-32-85-28-25-82-21-16-62-47(72)9-5-4-7-45-51-42(39-90-45)65-57(79)67-51/h10-13,42-45,51-55,68-70,76H,1-9,14-39H2,(H,61,71)(H,62,72)(H,63,73)(H,64,74)(H,66,75)(H,77,78)(H2,65,67,79)/t42-,43+,44-,45-,51-,52-,53-,54-,58-/m1/s1. The summed E-state index contributed by atoms with van der Waals surface area (Å²) in [5.41, 5.74) is 0.151. The van der Waals surface area contributed by atoms with Crippen molar-refractivity contribution in [2.45, 2.75) is 137 Å². The minimum Gasteiger partial charge on any atom is -0.477 e. The molecule has 0 saturated carbocycles. The van der Waals surface area contributed by atoms with Gasteiger partial charge in [-0.25, -0.2) is 18.4 Å². The number of carboxylic acid groups (broad SMARTS) is 1. The number of aliphatic hydroxyl groups excluding tert-OH is 4. The number of amides is 7. The Balaban J connectivity index is 0.865. The Morgan fingerprint density at radius 2 is 1.12 bits per heavy atom. The summed E-state index contributed by atoms with van der Waals surface area (Å²) < 4.78 is 81.1. The van der Waals surface area contributed by atoms with Crippen LogP contribution in [-0.2, 0) is 82.6 Å². The van der Waals surface area contributed by atoms with Crippen molar-refractivity contribution in [3.05, 3.63) is 35.4 Å². The summed E-state index contributed by atoms with van der Waals surface area (Å²) in [4.78, 5) is 85.2. The molecular formula is C58H95F2N7O22S. The van der Waals surface area contributed by atoms with Gasteiger partial charge >= 0.3 is 12.0 Å². The van der Waals surface area contributed by atoms with E-state index in [2.05, 4.69) is 37.2 Å². The second kappa shape index (κ2) is 46.1. The van der Waals surface area contributed by atoms with E-state index in [1.165, 1.54) is 12.1 Å². The van der Waals surface area contributed by atoms with E-state index in [1.807, 2.05) is 11.8 Å². The van der Waals surface area contributed by atoms with Gasteiger partial charge in [-0.2, -0.15) is 11.8 Å². The third-order valence-electron chi connectivity index (χ3n) is 14.3. The molecule has 1 aromatic rings. The fraction of sp³-hybridized carbons (Fsp3) is 0.776. The molecular weight excluding hydrogens is 1220 g/mol. The summed E-state index contributed by atoms with van der Waals surface area (Å²) in [6.45, 7) is 4.88. The van der Waals surface area contributed by atoms with Crippen LogP contribution in [0.2, 0.25) is 0 Å². The van der Waals surface area contributed by atoms with E-state index >= 15 is 0 Å². The lowest BCUT2D eigenvalue weighted by Gasteiger charge is -2.46. The second-order valence-corrected chi connectivity index (χ2v) is 22.6. The van der Waals surface area contributed by atoms with E-state index in [4.69, 9.17) is 47.4 Å². The van der Waals surface area contributed by atoms with Crippen molar-refractivity contribution in [1.29, 1.82) is 0 Å². The Bertz CT molecular complexity index is 2230. The molecule has 3 saturated heterocycles. The quantitative estimate of drug-likeness (QED) is 0.0274. The van der Waals surface area contributed by atoms with E-state index in [-0.39, 0.29) is 87.0 Å². The molecule has 3 aliphatic heterocycles. The van der Waals surface area contributed by atoms with Crippen molar-refractivity contribution in [2.24, 2.45) is 0 Å². The molecule has 12 N–H and O–H groups in total. The molecule has 3 heterocycles. The number of halogens is 2. The summed E-state index contributed by atoms with van der Waals surface area (Å²) in [5, 5.41) is 71.9. The number of thioether (sulfide) groups is 1. The first-order valence-corrected chi connectivity index (χ1v) is 31.8. The van der Waals surface area contributed by atoms with E-state index in [9.17, 15) is 67.9 Å². The van der Waals surface area contributed by atoms with Crippen LogP contribution < -0.4 is 37.2 Å². The smallest absolute Gasteiger partial charge is 0.364 e. The predicted octanol–water partition coefficient (Wildman–Crippen LogP) is -1.02. The number of ether oxygens (including phenoxy) is 10. The van der Waals surface area contributed by atoms with Crippen LogP contribution in [-0.4, -0.2) is 272 Å². The number of benzene rings is 1. The van der Waals surface area contributed by atoms with Crippen LogP contribution in [0.5, 0.6) is 0 Å². The number of fused-ring (bicyclic) bond motifs is 1. The van der Waals surface area contributed by atoms with E-state index in [0.29, 0.717) is 149 Å². The normalized spacial score (nSPS) is 21.0. The third-order valence-corrected chi connectivity index (χ3v) is 15.8. The molecule has 0 unspecified atom stereocenters. The number of alkyl halides is 2. The van der Waals surface area contributed by atoms with Crippen LogP contribution in [0.1, 0.15) is 88.2 Å². The van der Waals surface area contributed by atoms with Crippen LogP contribution in [0, 0.1) is 0 Å². The van der Waals surface area contributed by atoms with E-state index < -0.39 is 80.0 Å². The summed E-state index contributed by atoms with van der Waals surface area (Å²) in [6, 6.07) is 3.79. The zero-order valence-electron chi connectivity index (χ0n) is 51.1. The SMILES string of the molecule is O=C(CCCCCCO[C@]1(C(=O)O)C[C@H](O)[C@@H](NC(=O)CO)[C@H]([C@H](O)[C@H](O)CNC(=O)Cc2ccc(C(F)F)cc2)O1)NCCOCCOCCOCCOCCNC(=O)CCOCCOCCOCCOCCNC(=O)CCCC[C@H]1SC[C@H]2NC(=O)N[C@H]21. The molecule has 7 amide bonds. The van der Waals surface area contributed by atoms with Gasteiger partial charge in [0.15, 0.2) is 0 Å². The molecule has 32 heteroatoms. The first-order chi connectivity index (χ1) is 43.5. The topological polar surface area (TPSA) is 397 Å². The van der Waals surface area contributed by atoms with E-state index in [0.717, 1.165) is 37.1 Å². The lowest BCUT2D eigenvalue weighted by Crippen LogP contribution is -2.68. The summed E-state index contributed by atoms with van der Waals surface area (Å²) >= 11 is 1.88. The maximum absolute atomic E-state index is 12.9. The maximum Gasteiger partial charge on any atom is 0.364 e. The first kappa shape index (κ1) is 77.4. The van der Waals surface area contributed by atoms with Gasteiger partial charge in [-0.05, 0) is 31.2 Å². The number of carbonyl (C=O) groups excluding carboxylic acids is 6. The van der Waals surface area contributed by atoms with E-state index in [1.54, 1.807) is 0 Å². The molecule has 29 nitrogen and oxygen atoms in total. The molecule has 90 heavy (non-hydrogen) atoms. The van der Waals surface area contributed by atoms with Gasteiger partial charge in [0, 0.05) is 68.4 Å². The minimum absolute atomic E-state index is 0.00804. The number of carboxylic acids is 1. The number of urea groups is 1. The molecule has 1 aromatic carbocycles. The monoisotopic (exact) mass is 1310 g/mol. The van der Waals surface area contributed by atoms with Crippen molar-refractivity contribution < 1.29 is 115 Å². The number of aliphatic carboxylic acids is 1. The molecule has 514 valence electrons. The van der Waals surface area contributed by atoms with Crippen LogP contribution in [0.4, 0.5) is 13.6 Å². The minimum atomic E-state index is -2.69. The average molecular weight is 1310 g/mol. The van der Waals surface area contributed by atoms with Crippen molar-refractivity contribution in [1.82, 2.24) is 37.2 Å². The number of carbonyl (C=O) groups is 7. The van der Waals surface area contributed by atoms with Gasteiger partial charge in [-0.1, -0.05) is 43.5 Å². The summed E-state index contributed by atoms with van der Waals surface area (Å²) in [6.07, 6.45) is -5.52. The van der Waals surface area contributed by atoms with Gasteiger partial charge < -0.3 is 110 Å². The molecule has 0 radical (unpaired) electrons. The number of unbranched alkanes of at least 4 members (excludes halogenated alkanes) is 4. The Labute approximate surface area is 527 Å². The zero-order chi connectivity index (χ0) is 65.2. The Kier molecular flexibility index (Phi) is 39.6. The number of rotatable bonds is 53. The molecule has 0 bridgehead atoms. The van der Waals surface area contributed by atoms with Gasteiger partial charge in [0.25, 0.3) is 12.2 Å². The highest BCUT2D eigenvalue weighted by Gasteiger charge is 2.56. The van der Waals surface area contributed by atoms with Crippen LogP contribution in [0.15, 0.2) is 24.3 Å². The van der Waals surface area contributed by atoms with Crippen molar-refractivity contribution in [2.75, 3.05) is 151 Å². The molecule has 0 aromatic heterocycles. The van der Waals surface area contributed by atoms with Gasteiger partial charge in [-0.3, -0.25) is 24.0 Å². The Hall–Kier alpha value is -5.04. The molecule has 3 fully saturated rings. The van der Waals surface area contributed by atoms with Crippen molar-refractivity contribution in [3.63, 3.8) is 0 Å². The second-order valence-electron chi connectivity index (χ2n) is 21.3. The Morgan fingerprint density at radius 1 is 0.622 bits per heavy atom. The maximum atomic E-state index is 12.9. The largest absolute Gasteiger partial charge is 0.477 e. The van der Waals surface area contributed by atoms with Crippen LogP contribution >= 0.6 is 11.8 Å². The molecule has 4 rings (SSSR count). The highest BCUT2D eigenvalue weighted by Crippen LogP contribution is 2.35. The van der Waals surface area contributed by atoms with Crippen molar-refractivity contribution in [3.8, 4) is 0 Å². The summed E-state index contributed by atoms with van der Waals surface area (Å²) in [5.74, 6) is -5.26. The average Bonchev–Trinajstić information content (AvgIpc) is 1.98. The number of hydrogen-bond donors (Lipinski definition) is 12. The molecule has 3 aliphatic rings. The number of hydrogen-bond acceptors (Lipinski definition) is 22. The number of nitrogens with one attached hydrogen (secondary N) is 7. The molecule has 0 aliphatic carbocycles. The Morgan fingerprint density at radius 3 is 1.64 bits per heavy atom.